The van der Waals surface area contributed by atoms with E-state index in [-0.39, 0.29) is 0 Å². The SMILES string of the molecule is Cc1cc(CNCc2nnc3ccccn23)c(C)s1. The van der Waals surface area contributed by atoms with E-state index >= 15 is 0 Å². The summed E-state index contributed by atoms with van der Waals surface area (Å²) in [6, 6.07) is 8.17. The van der Waals surface area contributed by atoms with E-state index in [0.29, 0.717) is 0 Å². The second kappa shape index (κ2) is 5.11. The Bertz CT molecular complexity index is 698. The zero-order valence-corrected chi connectivity index (χ0v) is 11.9. The Morgan fingerprint density at radius 2 is 2.11 bits per heavy atom. The van der Waals surface area contributed by atoms with E-state index in [1.54, 1.807) is 0 Å². The quantitative estimate of drug-likeness (QED) is 0.794. The number of thiophene rings is 1. The second-order valence-corrected chi connectivity index (χ2v) is 6.05. The van der Waals surface area contributed by atoms with Crippen molar-refractivity contribution >= 4 is 17.0 Å². The zero-order valence-electron chi connectivity index (χ0n) is 11.1. The summed E-state index contributed by atoms with van der Waals surface area (Å²) in [5.74, 6) is 0.945. The fourth-order valence-electron chi connectivity index (χ4n) is 2.18. The fraction of sp³-hybridized carbons (Fsp3) is 0.286. The maximum atomic E-state index is 4.21. The number of fused-ring (bicyclic) bond motifs is 1. The molecule has 0 aromatic carbocycles. The summed E-state index contributed by atoms with van der Waals surface area (Å²) in [5, 5.41) is 11.8. The van der Waals surface area contributed by atoms with Crippen LogP contribution in [-0.2, 0) is 13.1 Å². The summed E-state index contributed by atoms with van der Waals surface area (Å²) >= 11 is 1.85. The predicted octanol–water partition coefficient (Wildman–Crippen LogP) is 2.70. The molecule has 5 heteroatoms. The Morgan fingerprint density at radius 1 is 1.21 bits per heavy atom. The molecule has 0 atom stereocenters. The van der Waals surface area contributed by atoms with Gasteiger partial charge in [-0.15, -0.1) is 21.5 Å². The lowest BCUT2D eigenvalue weighted by atomic mass is 10.2. The molecule has 19 heavy (non-hydrogen) atoms. The van der Waals surface area contributed by atoms with Crippen LogP contribution in [0.1, 0.15) is 21.1 Å². The van der Waals surface area contributed by atoms with Gasteiger partial charge in [0.05, 0.1) is 6.54 Å². The minimum atomic E-state index is 0.722. The van der Waals surface area contributed by atoms with Crippen molar-refractivity contribution in [3.63, 3.8) is 0 Å². The van der Waals surface area contributed by atoms with E-state index in [1.807, 2.05) is 40.1 Å². The molecule has 0 unspecified atom stereocenters. The van der Waals surface area contributed by atoms with Crippen LogP contribution >= 0.6 is 11.3 Å². The van der Waals surface area contributed by atoms with Crippen LogP contribution in [0.3, 0.4) is 0 Å². The summed E-state index contributed by atoms with van der Waals surface area (Å²) in [5.41, 5.74) is 2.26. The Labute approximate surface area is 116 Å². The van der Waals surface area contributed by atoms with Crippen molar-refractivity contribution in [2.24, 2.45) is 0 Å². The molecule has 0 saturated heterocycles. The van der Waals surface area contributed by atoms with Gasteiger partial charge in [-0.1, -0.05) is 6.07 Å². The predicted molar refractivity (Wildman–Crippen MR) is 77.3 cm³/mol. The molecule has 0 amide bonds. The molecule has 0 aliphatic rings. The molecule has 4 nitrogen and oxygen atoms in total. The smallest absolute Gasteiger partial charge is 0.160 e. The van der Waals surface area contributed by atoms with Crippen LogP contribution in [0.25, 0.3) is 5.65 Å². The van der Waals surface area contributed by atoms with Crippen molar-refractivity contribution in [3.8, 4) is 0 Å². The second-order valence-electron chi connectivity index (χ2n) is 4.59. The maximum absolute atomic E-state index is 4.21. The van der Waals surface area contributed by atoms with Gasteiger partial charge in [0.1, 0.15) is 0 Å². The maximum Gasteiger partial charge on any atom is 0.160 e. The molecule has 3 aromatic heterocycles. The first-order valence-electron chi connectivity index (χ1n) is 6.29. The summed E-state index contributed by atoms with van der Waals surface area (Å²) in [6.07, 6.45) is 1.99. The van der Waals surface area contributed by atoms with Crippen molar-refractivity contribution < 1.29 is 0 Å². The number of rotatable bonds is 4. The van der Waals surface area contributed by atoms with Gasteiger partial charge < -0.3 is 5.32 Å². The Hall–Kier alpha value is -1.72. The highest BCUT2D eigenvalue weighted by atomic mass is 32.1. The monoisotopic (exact) mass is 272 g/mol. The highest BCUT2D eigenvalue weighted by molar-refractivity contribution is 7.12. The van der Waals surface area contributed by atoms with Gasteiger partial charge in [0, 0.05) is 22.5 Å². The van der Waals surface area contributed by atoms with E-state index < -0.39 is 0 Å². The van der Waals surface area contributed by atoms with Crippen LogP contribution in [0, 0.1) is 13.8 Å². The number of hydrogen-bond donors (Lipinski definition) is 1. The number of aryl methyl sites for hydroxylation is 2. The molecule has 0 radical (unpaired) electrons. The van der Waals surface area contributed by atoms with Crippen molar-refractivity contribution in [1.82, 2.24) is 19.9 Å². The molecule has 3 rings (SSSR count). The molecule has 0 aliphatic carbocycles. The van der Waals surface area contributed by atoms with Crippen molar-refractivity contribution in [2.75, 3.05) is 0 Å². The van der Waals surface area contributed by atoms with E-state index in [9.17, 15) is 0 Å². The van der Waals surface area contributed by atoms with Gasteiger partial charge in [-0.05, 0) is 37.6 Å². The van der Waals surface area contributed by atoms with Gasteiger partial charge in [0.25, 0.3) is 0 Å². The van der Waals surface area contributed by atoms with Gasteiger partial charge in [-0.3, -0.25) is 4.40 Å². The molecular weight excluding hydrogens is 256 g/mol. The Morgan fingerprint density at radius 3 is 2.89 bits per heavy atom. The highest BCUT2D eigenvalue weighted by Crippen LogP contribution is 2.20. The van der Waals surface area contributed by atoms with Gasteiger partial charge in [-0.2, -0.15) is 0 Å². The lowest BCUT2D eigenvalue weighted by Crippen LogP contribution is -2.15. The summed E-state index contributed by atoms with van der Waals surface area (Å²) in [6.45, 7) is 5.91. The Balaban J connectivity index is 1.68. The van der Waals surface area contributed by atoms with E-state index in [2.05, 4.69) is 35.4 Å². The van der Waals surface area contributed by atoms with Crippen molar-refractivity contribution in [2.45, 2.75) is 26.9 Å². The highest BCUT2D eigenvalue weighted by Gasteiger charge is 2.05. The van der Waals surface area contributed by atoms with E-state index in [4.69, 9.17) is 0 Å². The van der Waals surface area contributed by atoms with Crippen LogP contribution < -0.4 is 5.32 Å². The number of nitrogens with zero attached hydrogens (tertiary/aromatic N) is 3. The third-order valence-electron chi connectivity index (χ3n) is 3.13. The lowest BCUT2D eigenvalue weighted by Gasteiger charge is -2.03. The van der Waals surface area contributed by atoms with E-state index in [0.717, 1.165) is 24.6 Å². The van der Waals surface area contributed by atoms with Gasteiger partial charge in [0.2, 0.25) is 0 Å². The average Bonchev–Trinajstić information content (AvgIpc) is 2.94. The largest absolute Gasteiger partial charge is 0.306 e. The van der Waals surface area contributed by atoms with Gasteiger partial charge in [0.15, 0.2) is 11.5 Å². The average molecular weight is 272 g/mol. The lowest BCUT2D eigenvalue weighted by molar-refractivity contribution is 0.656. The molecule has 0 aliphatic heterocycles. The number of aromatic nitrogens is 3. The first-order chi connectivity index (χ1) is 9.24. The number of hydrogen-bond acceptors (Lipinski definition) is 4. The molecule has 1 N–H and O–H groups in total. The third kappa shape index (κ3) is 2.52. The molecule has 0 spiro atoms. The summed E-state index contributed by atoms with van der Waals surface area (Å²) < 4.78 is 2.01. The zero-order chi connectivity index (χ0) is 13.2. The Kier molecular flexibility index (Phi) is 3.31. The standard InChI is InChI=1S/C14H16N4S/c1-10-7-12(11(2)19-10)8-15-9-14-17-16-13-5-3-4-6-18(13)14/h3-7,15H,8-9H2,1-2H3. The van der Waals surface area contributed by atoms with E-state index in [1.165, 1.54) is 15.3 Å². The molecule has 3 heterocycles. The molecule has 98 valence electrons. The topological polar surface area (TPSA) is 42.2 Å². The normalized spacial score (nSPS) is 11.3. The minimum absolute atomic E-state index is 0.722. The third-order valence-corrected chi connectivity index (χ3v) is 4.13. The number of nitrogens with one attached hydrogen (secondary N) is 1. The van der Waals surface area contributed by atoms with Crippen molar-refractivity contribution in [3.05, 3.63) is 51.6 Å². The fourth-order valence-corrected chi connectivity index (χ4v) is 3.13. The summed E-state index contributed by atoms with van der Waals surface area (Å²) in [4.78, 5) is 2.75. The van der Waals surface area contributed by atoms with Crippen LogP contribution in [-0.4, -0.2) is 14.6 Å². The molecule has 0 fully saturated rings. The minimum Gasteiger partial charge on any atom is -0.306 e. The molecule has 0 saturated carbocycles. The molecule has 0 bridgehead atoms. The van der Waals surface area contributed by atoms with Crippen LogP contribution in [0.15, 0.2) is 30.5 Å². The first kappa shape index (κ1) is 12.3. The number of pyridine rings is 1. The molecule has 3 aromatic rings. The van der Waals surface area contributed by atoms with Crippen molar-refractivity contribution in [1.29, 1.82) is 0 Å². The van der Waals surface area contributed by atoms with Gasteiger partial charge >= 0.3 is 0 Å². The summed E-state index contributed by atoms with van der Waals surface area (Å²) in [7, 11) is 0. The first-order valence-corrected chi connectivity index (χ1v) is 7.11. The van der Waals surface area contributed by atoms with Crippen LogP contribution in [0.5, 0.6) is 0 Å². The van der Waals surface area contributed by atoms with Crippen LogP contribution in [0.2, 0.25) is 0 Å². The molecular formula is C14H16N4S. The van der Waals surface area contributed by atoms with Crippen LogP contribution in [0.4, 0.5) is 0 Å². The van der Waals surface area contributed by atoms with Gasteiger partial charge in [-0.25, -0.2) is 0 Å².